The van der Waals surface area contributed by atoms with Crippen LogP contribution in [0.25, 0.3) is 0 Å². The number of nitrogens with one attached hydrogen (secondary N) is 1. The van der Waals surface area contributed by atoms with Gasteiger partial charge in [-0.15, -0.1) is 0 Å². The minimum absolute atomic E-state index is 0.282. The number of aryl methyl sites for hydroxylation is 2. The molecule has 1 aliphatic carbocycles. The molecule has 0 fully saturated rings. The predicted molar refractivity (Wildman–Crippen MR) is 81.9 cm³/mol. The number of furan rings is 1. The van der Waals surface area contributed by atoms with E-state index in [4.69, 9.17) is 4.42 Å². The highest BCUT2D eigenvalue weighted by Crippen LogP contribution is 2.25. The zero-order valence-corrected chi connectivity index (χ0v) is 12.2. The fourth-order valence-electron chi connectivity index (χ4n) is 3.07. The highest BCUT2D eigenvalue weighted by atomic mass is 16.3. The molecule has 1 N–H and O–H groups in total. The van der Waals surface area contributed by atoms with Gasteiger partial charge in [0.1, 0.15) is 5.76 Å². The van der Waals surface area contributed by atoms with Crippen molar-refractivity contribution < 1.29 is 4.42 Å². The van der Waals surface area contributed by atoms with E-state index >= 15 is 0 Å². The smallest absolute Gasteiger partial charge is 0.121 e. The zero-order chi connectivity index (χ0) is 13.8. The van der Waals surface area contributed by atoms with E-state index < -0.39 is 0 Å². The van der Waals surface area contributed by atoms with Crippen LogP contribution in [0.4, 0.5) is 0 Å². The largest absolute Gasteiger partial charge is 0.468 e. The van der Waals surface area contributed by atoms with Crippen molar-refractivity contribution >= 4 is 0 Å². The van der Waals surface area contributed by atoms with E-state index in [1.165, 1.54) is 24.8 Å². The minimum Gasteiger partial charge on any atom is -0.468 e. The molecule has 2 aromatic rings. The average molecular weight is 269 g/mol. The van der Waals surface area contributed by atoms with Crippen LogP contribution in [0.15, 0.2) is 41.0 Å². The summed E-state index contributed by atoms with van der Waals surface area (Å²) in [6.07, 6.45) is 7.72. The summed E-state index contributed by atoms with van der Waals surface area (Å²) in [7, 11) is 0. The van der Waals surface area contributed by atoms with Crippen molar-refractivity contribution in [1.29, 1.82) is 0 Å². The molecular formula is C18H23NO. The van der Waals surface area contributed by atoms with Gasteiger partial charge < -0.3 is 9.73 Å². The number of hydrogen-bond donors (Lipinski definition) is 1. The molecule has 20 heavy (non-hydrogen) atoms. The second-order valence-corrected chi connectivity index (χ2v) is 5.68. The lowest BCUT2D eigenvalue weighted by molar-refractivity contribution is 0.410. The van der Waals surface area contributed by atoms with Gasteiger partial charge in [-0.25, -0.2) is 0 Å². The highest BCUT2D eigenvalue weighted by Gasteiger charge is 2.16. The van der Waals surface area contributed by atoms with Crippen molar-refractivity contribution in [3.8, 4) is 0 Å². The van der Waals surface area contributed by atoms with Crippen molar-refractivity contribution in [2.45, 2.75) is 45.1 Å². The SMILES string of the molecule is CCCNC(Cc1ccc2c(c1)CCC2)c1ccco1. The van der Waals surface area contributed by atoms with Crippen LogP contribution in [0.3, 0.4) is 0 Å². The molecule has 2 heteroatoms. The van der Waals surface area contributed by atoms with E-state index in [-0.39, 0.29) is 6.04 Å². The summed E-state index contributed by atoms with van der Waals surface area (Å²) in [5, 5.41) is 3.59. The Labute approximate surface area is 121 Å². The molecule has 0 radical (unpaired) electrons. The summed E-state index contributed by atoms with van der Waals surface area (Å²) >= 11 is 0. The molecule has 106 valence electrons. The van der Waals surface area contributed by atoms with Crippen LogP contribution in [-0.4, -0.2) is 6.54 Å². The summed E-state index contributed by atoms with van der Waals surface area (Å²) in [5.74, 6) is 1.04. The minimum atomic E-state index is 0.282. The Balaban J connectivity index is 1.75. The van der Waals surface area contributed by atoms with Crippen molar-refractivity contribution in [3.63, 3.8) is 0 Å². The molecular weight excluding hydrogens is 246 g/mol. The molecule has 1 aliphatic rings. The van der Waals surface area contributed by atoms with E-state index in [1.807, 2.05) is 6.07 Å². The number of rotatable bonds is 6. The van der Waals surface area contributed by atoms with Crippen molar-refractivity contribution in [2.75, 3.05) is 6.54 Å². The lowest BCUT2D eigenvalue weighted by Gasteiger charge is -2.17. The van der Waals surface area contributed by atoms with Gasteiger partial charge in [0.25, 0.3) is 0 Å². The first kappa shape index (κ1) is 13.4. The molecule has 1 unspecified atom stereocenters. The third-order valence-electron chi connectivity index (χ3n) is 4.13. The molecule has 1 aromatic carbocycles. The maximum atomic E-state index is 5.60. The van der Waals surface area contributed by atoms with Crippen LogP contribution >= 0.6 is 0 Å². The first-order valence-electron chi connectivity index (χ1n) is 7.74. The van der Waals surface area contributed by atoms with Crippen LogP contribution in [-0.2, 0) is 19.3 Å². The van der Waals surface area contributed by atoms with Gasteiger partial charge >= 0.3 is 0 Å². The third kappa shape index (κ3) is 2.96. The second-order valence-electron chi connectivity index (χ2n) is 5.68. The highest BCUT2D eigenvalue weighted by molar-refractivity contribution is 5.35. The summed E-state index contributed by atoms with van der Waals surface area (Å²) in [5.41, 5.74) is 4.51. The van der Waals surface area contributed by atoms with Crippen molar-refractivity contribution in [1.82, 2.24) is 5.32 Å². The first-order valence-corrected chi connectivity index (χ1v) is 7.74. The molecule has 0 aliphatic heterocycles. The molecule has 2 nitrogen and oxygen atoms in total. The van der Waals surface area contributed by atoms with Crippen molar-refractivity contribution in [3.05, 3.63) is 59.0 Å². The van der Waals surface area contributed by atoms with Crippen molar-refractivity contribution in [2.24, 2.45) is 0 Å². The normalized spacial score (nSPS) is 15.2. The van der Waals surface area contributed by atoms with E-state index in [9.17, 15) is 0 Å². The predicted octanol–water partition coefficient (Wildman–Crippen LogP) is 4.05. The maximum Gasteiger partial charge on any atom is 0.121 e. The van der Waals surface area contributed by atoms with Gasteiger partial charge in [0.2, 0.25) is 0 Å². The lowest BCUT2D eigenvalue weighted by atomic mass is 9.99. The number of benzene rings is 1. The second kappa shape index (κ2) is 6.27. The van der Waals surface area contributed by atoms with E-state index in [2.05, 4.69) is 36.5 Å². The topological polar surface area (TPSA) is 25.2 Å². The van der Waals surface area contributed by atoms with Gasteiger partial charge in [0, 0.05) is 0 Å². The zero-order valence-electron chi connectivity index (χ0n) is 12.2. The van der Waals surface area contributed by atoms with Crippen LogP contribution in [0.5, 0.6) is 0 Å². The summed E-state index contributed by atoms with van der Waals surface area (Å²) in [4.78, 5) is 0. The molecule has 1 atom stereocenters. The number of hydrogen-bond acceptors (Lipinski definition) is 2. The molecule has 0 bridgehead atoms. The van der Waals surface area contributed by atoms with Gasteiger partial charge in [0.05, 0.1) is 12.3 Å². The lowest BCUT2D eigenvalue weighted by Crippen LogP contribution is -2.23. The van der Waals surface area contributed by atoms with E-state index in [1.54, 1.807) is 17.4 Å². The Morgan fingerprint density at radius 2 is 2.10 bits per heavy atom. The van der Waals surface area contributed by atoms with E-state index in [0.29, 0.717) is 0 Å². The Kier molecular flexibility index (Phi) is 4.22. The quantitative estimate of drug-likeness (QED) is 0.855. The third-order valence-corrected chi connectivity index (χ3v) is 4.13. The molecule has 0 spiro atoms. The Morgan fingerprint density at radius 1 is 1.20 bits per heavy atom. The molecule has 1 heterocycles. The number of fused-ring (bicyclic) bond motifs is 1. The maximum absolute atomic E-state index is 5.60. The summed E-state index contributed by atoms with van der Waals surface area (Å²) in [6.45, 7) is 3.22. The van der Waals surface area contributed by atoms with Crippen LogP contribution in [0.2, 0.25) is 0 Å². The van der Waals surface area contributed by atoms with Gasteiger partial charge in [0.15, 0.2) is 0 Å². The van der Waals surface area contributed by atoms with Gasteiger partial charge in [-0.05, 0) is 67.5 Å². The van der Waals surface area contributed by atoms with Crippen LogP contribution < -0.4 is 5.32 Å². The Bertz CT molecular complexity index is 545. The first-order chi connectivity index (χ1) is 9.86. The van der Waals surface area contributed by atoms with Gasteiger partial charge in [-0.3, -0.25) is 0 Å². The van der Waals surface area contributed by atoms with Gasteiger partial charge in [-0.2, -0.15) is 0 Å². The average Bonchev–Trinajstić information content (AvgIpc) is 3.13. The molecule has 3 rings (SSSR count). The Hall–Kier alpha value is -1.54. The standard InChI is InChI=1S/C18H23NO/c1-2-10-19-17(18-7-4-11-20-18)13-14-8-9-15-5-3-6-16(15)12-14/h4,7-9,11-12,17,19H,2-3,5-6,10,13H2,1H3. The molecule has 0 saturated heterocycles. The van der Waals surface area contributed by atoms with E-state index in [0.717, 1.165) is 25.1 Å². The molecule has 0 amide bonds. The molecule has 1 aromatic heterocycles. The molecule has 0 saturated carbocycles. The Morgan fingerprint density at radius 3 is 2.90 bits per heavy atom. The van der Waals surface area contributed by atoms with Crippen LogP contribution in [0, 0.1) is 0 Å². The fourth-order valence-corrected chi connectivity index (χ4v) is 3.07. The van der Waals surface area contributed by atoms with Gasteiger partial charge in [-0.1, -0.05) is 25.1 Å². The fraction of sp³-hybridized carbons (Fsp3) is 0.444. The monoisotopic (exact) mass is 269 g/mol. The summed E-state index contributed by atoms with van der Waals surface area (Å²) < 4.78 is 5.60. The van der Waals surface area contributed by atoms with Crippen LogP contribution in [0.1, 0.15) is 48.3 Å². The summed E-state index contributed by atoms with van der Waals surface area (Å²) in [6, 6.07) is 11.3.